The van der Waals surface area contributed by atoms with Crippen molar-refractivity contribution in [1.29, 1.82) is 0 Å². The summed E-state index contributed by atoms with van der Waals surface area (Å²) in [7, 11) is 0. The van der Waals surface area contributed by atoms with Gasteiger partial charge in [0.2, 0.25) is 0 Å². The van der Waals surface area contributed by atoms with Crippen molar-refractivity contribution in [2.45, 2.75) is 77.0 Å². The van der Waals surface area contributed by atoms with Crippen LogP contribution >= 0.6 is 22.7 Å². The Kier molecular flexibility index (Phi) is 10.0. The first kappa shape index (κ1) is 44.7. The molecular formula is C68H58N2S2. The number of benzene rings is 8. The number of nitrogens with zero attached hydrogens (tertiary/aromatic N) is 2. The van der Waals surface area contributed by atoms with Crippen LogP contribution in [0.4, 0.5) is 32.8 Å². The van der Waals surface area contributed by atoms with Gasteiger partial charge in [-0.2, -0.15) is 0 Å². The van der Waals surface area contributed by atoms with Crippen LogP contribution in [0.2, 0.25) is 0 Å². The van der Waals surface area contributed by atoms with Crippen molar-refractivity contribution in [3.8, 4) is 0 Å². The molecule has 0 aliphatic heterocycles. The molecule has 0 saturated heterocycles. The van der Waals surface area contributed by atoms with Crippen LogP contribution in [0, 0.1) is 27.7 Å². The maximum absolute atomic E-state index is 2.63. The molecule has 0 amide bonds. The Morgan fingerprint density at radius 3 is 0.778 bits per heavy atom. The summed E-state index contributed by atoms with van der Waals surface area (Å²) < 4.78 is 0. The lowest BCUT2D eigenvalue weighted by Gasteiger charge is -2.55. The summed E-state index contributed by atoms with van der Waals surface area (Å²) in [5.41, 5.74) is 21.3. The molecule has 0 radical (unpaired) electrons. The summed E-state index contributed by atoms with van der Waals surface area (Å²) in [5.74, 6) is 0. The Labute approximate surface area is 433 Å². The van der Waals surface area contributed by atoms with Crippen LogP contribution in [-0.4, -0.2) is 0 Å². The first-order chi connectivity index (χ1) is 34.8. The summed E-state index contributed by atoms with van der Waals surface area (Å²) in [6.07, 6.45) is 0. The van der Waals surface area contributed by atoms with E-state index in [9.17, 15) is 0 Å². The van der Waals surface area contributed by atoms with E-state index in [4.69, 9.17) is 0 Å². The second-order valence-electron chi connectivity index (χ2n) is 21.6. The molecule has 3 aliphatic carbocycles. The molecule has 10 aromatic rings. The van der Waals surface area contributed by atoms with E-state index in [1.54, 1.807) is 0 Å². The van der Waals surface area contributed by atoms with Crippen LogP contribution in [0.3, 0.4) is 0 Å². The van der Waals surface area contributed by atoms with Gasteiger partial charge >= 0.3 is 0 Å². The molecular weight excluding hydrogens is 909 g/mol. The maximum Gasteiger partial charge on any atom is 0.101 e. The van der Waals surface area contributed by atoms with Crippen LogP contribution in [0.15, 0.2) is 206 Å². The minimum Gasteiger partial charge on any atom is -0.302 e. The van der Waals surface area contributed by atoms with E-state index in [1.807, 2.05) is 22.7 Å². The van der Waals surface area contributed by atoms with Crippen LogP contribution in [0.25, 0.3) is 0 Å². The van der Waals surface area contributed by atoms with E-state index >= 15 is 0 Å². The van der Waals surface area contributed by atoms with Crippen LogP contribution in [0.1, 0.15) is 115 Å². The first-order valence-electron chi connectivity index (χ1n) is 25.4. The van der Waals surface area contributed by atoms with Gasteiger partial charge in [0.15, 0.2) is 0 Å². The highest BCUT2D eigenvalue weighted by Crippen LogP contribution is 2.71. The normalized spacial score (nSPS) is 15.7. The zero-order chi connectivity index (χ0) is 49.3. The number of rotatable bonds is 6. The van der Waals surface area contributed by atoms with Crippen LogP contribution < -0.4 is 9.80 Å². The Balaban J connectivity index is 1.26. The van der Waals surface area contributed by atoms with Gasteiger partial charge in [0, 0.05) is 43.3 Å². The van der Waals surface area contributed by atoms with E-state index in [0.717, 1.165) is 22.7 Å². The van der Waals surface area contributed by atoms with Crippen LogP contribution in [-0.2, 0) is 21.7 Å². The predicted molar refractivity (Wildman–Crippen MR) is 305 cm³/mol. The third kappa shape index (κ3) is 6.18. The van der Waals surface area contributed by atoms with Gasteiger partial charge in [-0.3, -0.25) is 0 Å². The van der Waals surface area contributed by atoms with Gasteiger partial charge in [0.25, 0.3) is 0 Å². The van der Waals surface area contributed by atoms with Gasteiger partial charge in [0.1, 0.15) is 10.0 Å². The lowest BCUT2D eigenvalue weighted by atomic mass is 9.48. The molecule has 2 heterocycles. The van der Waals surface area contributed by atoms with Gasteiger partial charge in [-0.1, -0.05) is 173 Å². The fourth-order valence-corrected chi connectivity index (χ4v) is 16.3. The molecule has 4 heteroatoms. The standard InChI is InChI=1S/C68H58N2S2/c1-43-21-17-25-47(37-43)69(48-26-18-22-44(2)38-48)61-41-59-63(71-61)68(57-35-15-11-31-53(57)66(7,8)54-32-12-16-36-58(54)68)60-42-62(70(49-27-19-23-45(3)39-49)50-28-20-24-46(4)40-50)72-64(60)67(59)55-33-13-9-29-51(55)65(5,6)52-30-10-14-34-56(52)67/h9-42H,1-8H3. The van der Waals surface area contributed by atoms with E-state index in [1.165, 1.54) is 97.6 Å². The number of thiophene rings is 2. The largest absolute Gasteiger partial charge is 0.302 e. The molecule has 0 unspecified atom stereocenters. The van der Waals surface area contributed by atoms with Crippen molar-refractivity contribution in [2.24, 2.45) is 0 Å². The van der Waals surface area contributed by atoms with E-state index in [2.05, 4.69) is 271 Å². The van der Waals surface area contributed by atoms with Crippen molar-refractivity contribution in [1.82, 2.24) is 0 Å². The smallest absolute Gasteiger partial charge is 0.101 e. The third-order valence-electron chi connectivity index (χ3n) is 16.4. The molecule has 0 atom stereocenters. The van der Waals surface area contributed by atoms with Gasteiger partial charge in [-0.15, -0.1) is 22.7 Å². The lowest BCUT2D eigenvalue weighted by Crippen LogP contribution is -2.50. The van der Waals surface area contributed by atoms with Gasteiger partial charge in [-0.05, 0) is 166 Å². The molecule has 0 N–H and O–H groups in total. The molecule has 2 nitrogen and oxygen atoms in total. The Morgan fingerprint density at radius 1 is 0.278 bits per heavy atom. The highest BCUT2D eigenvalue weighted by Gasteiger charge is 2.62. The van der Waals surface area contributed by atoms with E-state index in [-0.39, 0.29) is 10.8 Å². The molecule has 352 valence electrons. The Hall–Kier alpha value is -7.24. The number of hydrogen-bond donors (Lipinski definition) is 0. The summed E-state index contributed by atoms with van der Waals surface area (Å²) in [6.45, 7) is 18.6. The predicted octanol–water partition coefficient (Wildman–Crippen LogP) is 18.3. The SMILES string of the molecule is Cc1cccc(N(c2cccc(C)c2)c2cc3c(s2)C2(c4ccccc4C(C)(C)c4ccccc42)c2cc(N(c4cccc(C)c4)c4cccc(C)c4)sc2C32c3ccccc3C(C)(C)c3ccccc32)c1. The first-order valence-corrected chi connectivity index (χ1v) is 27.0. The Morgan fingerprint density at radius 2 is 0.528 bits per heavy atom. The van der Waals surface area contributed by atoms with Crippen molar-refractivity contribution >= 4 is 55.4 Å². The highest BCUT2D eigenvalue weighted by molar-refractivity contribution is 7.18. The quantitative estimate of drug-likeness (QED) is 0.164. The number of fused-ring (bicyclic) bond motifs is 14. The van der Waals surface area contributed by atoms with Crippen LogP contribution in [0.5, 0.6) is 0 Å². The molecule has 0 fully saturated rings. The Bertz CT molecular complexity index is 3320. The third-order valence-corrected chi connectivity index (χ3v) is 18.9. The van der Waals surface area contributed by atoms with Crippen molar-refractivity contribution in [3.63, 3.8) is 0 Å². The topological polar surface area (TPSA) is 6.48 Å². The van der Waals surface area contributed by atoms with Gasteiger partial charge in [0.05, 0.1) is 10.8 Å². The van der Waals surface area contributed by atoms with Crippen molar-refractivity contribution in [2.75, 3.05) is 9.80 Å². The molecule has 0 saturated carbocycles. The van der Waals surface area contributed by atoms with E-state index in [0.29, 0.717) is 0 Å². The second-order valence-corrected chi connectivity index (χ2v) is 23.7. The maximum atomic E-state index is 2.63. The zero-order valence-electron chi connectivity index (χ0n) is 42.3. The van der Waals surface area contributed by atoms with Gasteiger partial charge in [-0.25, -0.2) is 0 Å². The average molecular weight is 967 g/mol. The lowest BCUT2D eigenvalue weighted by molar-refractivity contribution is 0.522. The average Bonchev–Trinajstić information content (AvgIpc) is 4.02. The van der Waals surface area contributed by atoms with Gasteiger partial charge < -0.3 is 9.80 Å². The minimum absolute atomic E-state index is 0.259. The number of hydrogen-bond acceptors (Lipinski definition) is 4. The summed E-state index contributed by atoms with van der Waals surface area (Å²) in [5, 5.41) is 2.40. The minimum atomic E-state index is -0.692. The fraction of sp³-hybridized carbons (Fsp3) is 0.176. The number of anilines is 6. The molecule has 13 rings (SSSR count). The second kappa shape index (κ2) is 16.1. The molecule has 0 bridgehead atoms. The molecule has 3 aliphatic rings. The zero-order valence-corrected chi connectivity index (χ0v) is 44.0. The highest BCUT2D eigenvalue weighted by atomic mass is 32.1. The summed E-state index contributed by atoms with van der Waals surface area (Å²) in [6, 6.07) is 79.3. The number of aryl methyl sites for hydroxylation is 4. The molecule has 8 aromatic carbocycles. The fourth-order valence-electron chi connectivity index (χ4n) is 13.3. The van der Waals surface area contributed by atoms with Crippen molar-refractivity contribution in [3.05, 3.63) is 294 Å². The van der Waals surface area contributed by atoms with Crippen molar-refractivity contribution < 1.29 is 0 Å². The summed E-state index contributed by atoms with van der Waals surface area (Å²) in [4.78, 5) is 7.82. The summed E-state index contributed by atoms with van der Waals surface area (Å²) >= 11 is 3.98. The van der Waals surface area contributed by atoms with E-state index < -0.39 is 10.8 Å². The molecule has 2 spiro atoms. The molecule has 72 heavy (non-hydrogen) atoms. The monoisotopic (exact) mass is 966 g/mol. The molecule has 2 aromatic heterocycles.